The third kappa shape index (κ3) is 3.60. The number of carbonyl (C=O) groups excluding carboxylic acids is 2. The number of rotatable bonds is 6. The van der Waals surface area contributed by atoms with Gasteiger partial charge in [0.25, 0.3) is 0 Å². The average molecular weight is 376 g/mol. The number of hydrogen-bond acceptors (Lipinski definition) is 4. The molecule has 2 amide bonds. The van der Waals surface area contributed by atoms with Crippen molar-refractivity contribution in [2.75, 3.05) is 6.54 Å². The van der Waals surface area contributed by atoms with Crippen molar-refractivity contribution in [1.29, 1.82) is 0 Å². The van der Waals surface area contributed by atoms with Crippen molar-refractivity contribution in [3.63, 3.8) is 0 Å². The molecule has 6 nitrogen and oxygen atoms in total. The van der Waals surface area contributed by atoms with Crippen molar-refractivity contribution in [2.24, 2.45) is 5.92 Å². The van der Waals surface area contributed by atoms with E-state index in [1.54, 1.807) is 11.0 Å². The molecule has 2 heterocycles. The highest BCUT2D eigenvalue weighted by Crippen LogP contribution is 2.40. The molecule has 1 aromatic heterocycles. The standard InChI is InChI=1S/C19H22ClN3O3/c1-3-12-9-13(26-22-12)11-21-19(25)15-10-17(24)23(4-2)18(15)14-7-5-6-8-16(14)20/h5-9,15,18H,3-4,10-11H2,1-2H3,(H,21,25)/t15-,18+/m1/s1. The van der Waals surface area contributed by atoms with Crippen LogP contribution in [-0.2, 0) is 22.6 Å². The summed E-state index contributed by atoms with van der Waals surface area (Å²) in [4.78, 5) is 26.9. The number of amides is 2. The first-order chi connectivity index (χ1) is 12.5. The van der Waals surface area contributed by atoms with Crippen molar-refractivity contribution >= 4 is 23.4 Å². The highest BCUT2D eigenvalue weighted by molar-refractivity contribution is 6.31. The van der Waals surface area contributed by atoms with Gasteiger partial charge in [0.2, 0.25) is 11.8 Å². The molecule has 138 valence electrons. The van der Waals surface area contributed by atoms with E-state index in [1.165, 1.54) is 0 Å². The Morgan fingerprint density at radius 2 is 2.15 bits per heavy atom. The van der Waals surface area contributed by atoms with E-state index in [2.05, 4.69) is 10.5 Å². The third-order valence-electron chi connectivity index (χ3n) is 4.74. The van der Waals surface area contributed by atoms with Gasteiger partial charge in [-0.3, -0.25) is 9.59 Å². The number of aromatic nitrogens is 1. The summed E-state index contributed by atoms with van der Waals surface area (Å²) in [5.41, 5.74) is 1.64. The molecule has 0 saturated carbocycles. The summed E-state index contributed by atoms with van der Waals surface area (Å²) in [6.07, 6.45) is 0.945. The van der Waals surface area contributed by atoms with E-state index in [-0.39, 0.29) is 30.8 Å². The zero-order valence-corrected chi connectivity index (χ0v) is 15.6. The van der Waals surface area contributed by atoms with Gasteiger partial charge in [-0.1, -0.05) is 41.9 Å². The monoisotopic (exact) mass is 375 g/mol. The molecule has 1 N–H and O–H groups in total. The van der Waals surface area contributed by atoms with E-state index >= 15 is 0 Å². The third-order valence-corrected chi connectivity index (χ3v) is 5.08. The molecule has 1 fully saturated rings. The first kappa shape index (κ1) is 18.5. The number of nitrogens with zero attached hydrogens (tertiary/aromatic N) is 2. The quantitative estimate of drug-likeness (QED) is 0.841. The zero-order chi connectivity index (χ0) is 18.7. The first-order valence-electron chi connectivity index (χ1n) is 8.81. The van der Waals surface area contributed by atoms with Gasteiger partial charge in [0, 0.05) is 24.1 Å². The molecule has 1 aliphatic heterocycles. The van der Waals surface area contributed by atoms with Crippen LogP contribution in [-0.4, -0.2) is 28.4 Å². The Morgan fingerprint density at radius 1 is 1.38 bits per heavy atom. The number of carbonyl (C=O) groups is 2. The molecule has 2 aromatic rings. The van der Waals surface area contributed by atoms with Crippen LogP contribution in [0.3, 0.4) is 0 Å². The van der Waals surface area contributed by atoms with E-state index in [0.717, 1.165) is 17.7 Å². The highest BCUT2D eigenvalue weighted by atomic mass is 35.5. The first-order valence-corrected chi connectivity index (χ1v) is 9.19. The molecule has 2 atom stereocenters. The van der Waals surface area contributed by atoms with Crippen LogP contribution in [0, 0.1) is 5.92 Å². The van der Waals surface area contributed by atoms with Crippen LogP contribution in [0.1, 0.15) is 43.3 Å². The summed E-state index contributed by atoms with van der Waals surface area (Å²) in [6.45, 7) is 4.67. The summed E-state index contributed by atoms with van der Waals surface area (Å²) in [5.74, 6) is -0.115. The van der Waals surface area contributed by atoms with Crippen LogP contribution in [0.2, 0.25) is 5.02 Å². The molecule has 1 saturated heterocycles. The number of hydrogen-bond donors (Lipinski definition) is 1. The van der Waals surface area contributed by atoms with E-state index in [4.69, 9.17) is 16.1 Å². The Balaban J connectivity index is 1.78. The molecule has 1 aliphatic rings. The second-order valence-electron chi connectivity index (χ2n) is 6.31. The Kier molecular flexibility index (Phi) is 5.61. The molecule has 0 aliphatic carbocycles. The van der Waals surface area contributed by atoms with E-state index in [0.29, 0.717) is 17.3 Å². The molecule has 3 rings (SSSR count). The number of aryl methyl sites for hydroxylation is 1. The zero-order valence-electron chi connectivity index (χ0n) is 14.9. The predicted octanol–water partition coefficient (Wildman–Crippen LogP) is 3.12. The summed E-state index contributed by atoms with van der Waals surface area (Å²) in [6, 6.07) is 8.82. The average Bonchev–Trinajstić information content (AvgIpc) is 3.24. The highest BCUT2D eigenvalue weighted by Gasteiger charge is 2.44. The molecular formula is C19H22ClN3O3. The van der Waals surface area contributed by atoms with E-state index < -0.39 is 5.92 Å². The molecule has 26 heavy (non-hydrogen) atoms. The fourth-order valence-electron chi connectivity index (χ4n) is 3.41. The predicted molar refractivity (Wildman–Crippen MR) is 97.4 cm³/mol. The maximum absolute atomic E-state index is 12.8. The Hall–Kier alpha value is -2.34. The van der Waals surface area contributed by atoms with Crippen molar-refractivity contribution < 1.29 is 14.1 Å². The fourth-order valence-corrected chi connectivity index (χ4v) is 3.66. The van der Waals surface area contributed by atoms with Crippen molar-refractivity contribution in [1.82, 2.24) is 15.4 Å². The van der Waals surface area contributed by atoms with Gasteiger partial charge in [-0.2, -0.15) is 0 Å². The van der Waals surface area contributed by atoms with Crippen LogP contribution in [0.15, 0.2) is 34.9 Å². The van der Waals surface area contributed by atoms with Crippen LogP contribution in [0.4, 0.5) is 0 Å². The second-order valence-corrected chi connectivity index (χ2v) is 6.72. The molecule has 0 radical (unpaired) electrons. The summed E-state index contributed by atoms with van der Waals surface area (Å²) in [5, 5.41) is 7.34. The normalized spacial score (nSPS) is 19.8. The number of nitrogens with one attached hydrogen (secondary N) is 1. The molecule has 1 aromatic carbocycles. The van der Waals surface area contributed by atoms with Gasteiger partial charge in [0.1, 0.15) is 0 Å². The van der Waals surface area contributed by atoms with Gasteiger partial charge in [0.05, 0.1) is 24.2 Å². The summed E-state index contributed by atoms with van der Waals surface area (Å²) < 4.78 is 5.20. The van der Waals surface area contributed by atoms with Gasteiger partial charge in [-0.15, -0.1) is 0 Å². The molecule has 7 heteroatoms. The minimum atomic E-state index is -0.490. The lowest BCUT2D eigenvalue weighted by molar-refractivity contribution is -0.129. The lowest BCUT2D eigenvalue weighted by Crippen LogP contribution is -2.35. The van der Waals surface area contributed by atoms with Crippen LogP contribution in [0.5, 0.6) is 0 Å². The second kappa shape index (κ2) is 7.91. The number of likely N-dealkylation sites (tertiary alicyclic amines) is 1. The fraction of sp³-hybridized carbons (Fsp3) is 0.421. The van der Waals surface area contributed by atoms with Crippen molar-refractivity contribution in [3.8, 4) is 0 Å². The molecule has 0 spiro atoms. The minimum absolute atomic E-state index is 0.0366. The van der Waals surface area contributed by atoms with E-state index in [1.807, 2.05) is 38.1 Å². The van der Waals surface area contributed by atoms with Crippen LogP contribution >= 0.6 is 11.6 Å². The number of benzene rings is 1. The van der Waals surface area contributed by atoms with Gasteiger partial charge in [-0.05, 0) is 25.0 Å². The van der Waals surface area contributed by atoms with Gasteiger partial charge >= 0.3 is 0 Å². The topological polar surface area (TPSA) is 75.4 Å². The molecular weight excluding hydrogens is 354 g/mol. The maximum atomic E-state index is 12.8. The summed E-state index contributed by atoms with van der Waals surface area (Å²) >= 11 is 6.34. The van der Waals surface area contributed by atoms with Gasteiger partial charge in [-0.25, -0.2) is 0 Å². The maximum Gasteiger partial charge on any atom is 0.226 e. The van der Waals surface area contributed by atoms with Crippen LogP contribution < -0.4 is 5.32 Å². The lowest BCUT2D eigenvalue weighted by atomic mass is 9.92. The van der Waals surface area contributed by atoms with Crippen LogP contribution in [0.25, 0.3) is 0 Å². The molecule has 0 unspecified atom stereocenters. The minimum Gasteiger partial charge on any atom is -0.359 e. The lowest BCUT2D eigenvalue weighted by Gasteiger charge is -2.27. The Labute approximate surface area is 157 Å². The Bertz CT molecular complexity index is 805. The molecule has 0 bridgehead atoms. The largest absolute Gasteiger partial charge is 0.359 e. The van der Waals surface area contributed by atoms with E-state index in [9.17, 15) is 9.59 Å². The van der Waals surface area contributed by atoms with Gasteiger partial charge in [0.15, 0.2) is 5.76 Å². The SMILES string of the molecule is CCc1cc(CNC(=O)[C@@H]2CC(=O)N(CC)[C@H]2c2ccccc2Cl)on1. The Morgan fingerprint density at radius 3 is 2.81 bits per heavy atom. The smallest absolute Gasteiger partial charge is 0.226 e. The van der Waals surface area contributed by atoms with Gasteiger partial charge < -0.3 is 14.7 Å². The van der Waals surface area contributed by atoms with Crippen molar-refractivity contribution in [2.45, 2.75) is 39.3 Å². The number of halogens is 1. The summed E-state index contributed by atoms with van der Waals surface area (Å²) in [7, 11) is 0. The van der Waals surface area contributed by atoms with Crippen molar-refractivity contribution in [3.05, 3.63) is 52.4 Å².